The first-order valence-corrected chi connectivity index (χ1v) is 8.09. The van der Waals surface area contributed by atoms with Crippen LogP contribution in [0.5, 0.6) is 5.75 Å². The number of carbonyl (C=O) groups excluding carboxylic acids is 2. The molecule has 1 heterocycles. The molecule has 6 nitrogen and oxygen atoms in total. The molecule has 3 N–H and O–H groups in total. The van der Waals surface area contributed by atoms with Gasteiger partial charge in [-0.05, 0) is 31.2 Å². The van der Waals surface area contributed by atoms with Crippen LogP contribution in [0.1, 0.15) is 12.0 Å². The summed E-state index contributed by atoms with van der Waals surface area (Å²) in [5.41, 5.74) is 8.78. The number of nitrogens with zero attached hydrogens (tertiary/aromatic N) is 1. The van der Waals surface area contributed by atoms with E-state index in [2.05, 4.69) is 5.32 Å². The number of benzene rings is 2. The lowest BCUT2D eigenvalue weighted by Gasteiger charge is -2.17. The molecule has 0 saturated carbocycles. The predicted octanol–water partition coefficient (Wildman–Crippen LogP) is 3.00. The molecular formula is C19H22ClN3O3. The van der Waals surface area contributed by atoms with Crippen molar-refractivity contribution in [3.8, 4) is 5.75 Å². The van der Waals surface area contributed by atoms with Crippen molar-refractivity contribution in [1.29, 1.82) is 0 Å². The van der Waals surface area contributed by atoms with Crippen molar-refractivity contribution in [2.45, 2.75) is 13.3 Å². The number of halogens is 1. The van der Waals surface area contributed by atoms with Crippen molar-refractivity contribution in [2.24, 2.45) is 5.92 Å². The molecule has 1 aliphatic rings. The van der Waals surface area contributed by atoms with Crippen LogP contribution < -0.4 is 20.7 Å². The highest BCUT2D eigenvalue weighted by molar-refractivity contribution is 6.04. The van der Waals surface area contributed by atoms with E-state index in [4.69, 9.17) is 10.5 Å². The van der Waals surface area contributed by atoms with Crippen LogP contribution in [0.15, 0.2) is 42.5 Å². The van der Waals surface area contributed by atoms with Crippen LogP contribution >= 0.6 is 12.4 Å². The molecule has 26 heavy (non-hydrogen) atoms. The number of nitrogens with two attached hydrogens (primary N) is 1. The maximum Gasteiger partial charge on any atom is 0.229 e. The first-order valence-electron chi connectivity index (χ1n) is 8.09. The molecule has 0 aromatic heterocycles. The van der Waals surface area contributed by atoms with Crippen LogP contribution in [0.3, 0.4) is 0 Å². The zero-order valence-corrected chi connectivity index (χ0v) is 15.5. The second-order valence-corrected chi connectivity index (χ2v) is 6.18. The van der Waals surface area contributed by atoms with Gasteiger partial charge in [0.1, 0.15) is 5.75 Å². The Balaban J connectivity index is 0.00000243. The summed E-state index contributed by atoms with van der Waals surface area (Å²) in [7, 11) is 1.55. The number of anilines is 3. The lowest BCUT2D eigenvalue weighted by molar-refractivity contribution is -0.122. The van der Waals surface area contributed by atoms with Crippen LogP contribution in [0, 0.1) is 12.8 Å². The SMILES string of the molecule is COc1ccc(N)c(NC(=O)C2CC(=O)N(c3ccc(C)cc3)C2)c1.Cl. The van der Waals surface area contributed by atoms with Gasteiger partial charge in [-0.3, -0.25) is 9.59 Å². The quantitative estimate of drug-likeness (QED) is 0.804. The van der Waals surface area contributed by atoms with E-state index in [-0.39, 0.29) is 30.6 Å². The Morgan fingerprint density at radius 2 is 1.92 bits per heavy atom. The summed E-state index contributed by atoms with van der Waals surface area (Å²) in [6, 6.07) is 12.8. The highest BCUT2D eigenvalue weighted by atomic mass is 35.5. The van der Waals surface area contributed by atoms with Crippen molar-refractivity contribution < 1.29 is 14.3 Å². The van der Waals surface area contributed by atoms with Gasteiger partial charge in [0.25, 0.3) is 0 Å². The van der Waals surface area contributed by atoms with Crippen molar-refractivity contribution in [2.75, 3.05) is 29.6 Å². The molecule has 2 amide bonds. The van der Waals surface area contributed by atoms with Crippen LogP contribution in [0.2, 0.25) is 0 Å². The van der Waals surface area contributed by atoms with Gasteiger partial charge < -0.3 is 20.7 Å². The first kappa shape index (κ1) is 19.6. The van der Waals surface area contributed by atoms with Gasteiger partial charge in [0, 0.05) is 24.7 Å². The summed E-state index contributed by atoms with van der Waals surface area (Å²) in [6.07, 6.45) is 0.184. The molecule has 1 saturated heterocycles. The molecule has 1 fully saturated rings. The molecule has 0 aliphatic carbocycles. The standard InChI is InChI=1S/C19H21N3O3.ClH/c1-12-3-5-14(6-4-12)22-11-13(9-18(22)23)19(24)21-17-10-15(25-2)7-8-16(17)20;/h3-8,10,13H,9,11,20H2,1-2H3,(H,21,24);1H. The minimum absolute atomic E-state index is 0. The van der Waals surface area contributed by atoms with Gasteiger partial charge in [-0.15, -0.1) is 12.4 Å². The maximum atomic E-state index is 12.6. The van der Waals surface area contributed by atoms with E-state index in [1.54, 1.807) is 30.2 Å². The molecule has 7 heteroatoms. The normalized spacial score (nSPS) is 16.2. The molecule has 2 aromatic carbocycles. The van der Waals surface area contributed by atoms with Gasteiger partial charge in [0.2, 0.25) is 11.8 Å². The predicted molar refractivity (Wildman–Crippen MR) is 105 cm³/mol. The van der Waals surface area contributed by atoms with Crippen LogP contribution in [-0.2, 0) is 9.59 Å². The molecule has 0 spiro atoms. The van der Waals surface area contributed by atoms with E-state index in [1.165, 1.54) is 0 Å². The molecule has 3 rings (SSSR count). The molecule has 0 radical (unpaired) electrons. The minimum Gasteiger partial charge on any atom is -0.497 e. The van der Waals surface area contributed by atoms with Gasteiger partial charge in [0.05, 0.1) is 24.4 Å². The third-order valence-electron chi connectivity index (χ3n) is 4.36. The Hall–Kier alpha value is -2.73. The topological polar surface area (TPSA) is 84.7 Å². The van der Waals surface area contributed by atoms with Gasteiger partial charge in [-0.1, -0.05) is 17.7 Å². The summed E-state index contributed by atoms with van der Waals surface area (Å²) in [4.78, 5) is 26.5. The number of aryl methyl sites for hydroxylation is 1. The second kappa shape index (κ2) is 8.10. The zero-order chi connectivity index (χ0) is 18.0. The van der Waals surface area contributed by atoms with Gasteiger partial charge in [-0.25, -0.2) is 0 Å². The number of nitrogens with one attached hydrogen (secondary N) is 1. The Labute approximate surface area is 158 Å². The van der Waals surface area contributed by atoms with E-state index in [0.717, 1.165) is 11.3 Å². The average Bonchev–Trinajstić information content (AvgIpc) is 2.99. The fraction of sp³-hybridized carbons (Fsp3) is 0.263. The van der Waals surface area contributed by atoms with Crippen LogP contribution in [-0.4, -0.2) is 25.5 Å². The molecule has 1 unspecified atom stereocenters. The Bertz CT molecular complexity index is 808. The number of nitrogen functional groups attached to an aromatic ring is 1. The molecule has 138 valence electrons. The lowest BCUT2D eigenvalue weighted by atomic mass is 10.1. The minimum atomic E-state index is -0.417. The number of methoxy groups -OCH3 is 1. The maximum absolute atomic E-state index is 12.6. The number of ether oxygens (including phenoxy) is 1. The fourth-order valence-electron chi connectivity index (χ4n) is 2.86. The Kier molecular flexibility index (Phi) is 6.10. The van der Waals surface area contributed by atoms with Gasteiger partial charge in [0.15, 0.2) is 0 Å². The summed E-state index contributed by atoms with van der Waals surface area (Å²) in [5, 5.41) is 2.81. The van der Waals surface area contributed by atoms with Gasteiger partial charge in [-0.2, -0.15) is 0 Å². The van der Waals surface area contributed by atoms with Crippen LogP contribution in [0.25, 0.3) is 0 Å². The van der Waals surface area contributed by atoms with E-state index in [1.807, 2.05) is 31.2 Å². The lowest BCUT2D eigenvalue weighted by Crippen LogP contribution is -2.28. The summed E-state index contributed by atoms with van der Waals surface area (Å²) >= 11 is 0. The van der Waals surface area contributed by atoms with E-state index in [0.29, 0.717) is 23.7 Å². The highest BCUT2D eigenvalue weighted by Crippen LogP contribution is 2.28. The third kappa shape index (κ3) is 4.08. The van der Waals surface area contributed by atoms with Gasteiger partial charge >= 0.3 is 0 Å². The summed E-state index contributed by atoms with van der Waals surface area (Å²) in [6.45, 7) is 2.35. The number of rotatable bonds is 4. The zero-order valence-electron chi connectivity index (χ0n) is 14.7. The average molecular weight is 376 g/mol. The molecule has 1 aliphatic heterocycles. The Morgan fingerprint density at radius 1 is 1.23 bits per heavy atom. The first-order chi connectivity index (χ1) is 12.0. The molecule has 0 bridgehead atoms. The number of amides is 2. The molecule has 1 atom stereocenters. The second-order valence-electron chi connectivity index (χ2n) is 6.18. The van der Waals surface area contributed by atoms with Crippen molar-refractivity contribution in [3.05, 3.63) is 48.0 Å². The van der Waals surface area contributed by atoms with Crippen molar-refractivity contribution in [3.63, 3.8) is 0 Å². The Morgan fingerprint density at radius 3 is 2.58 bits per heavy atom. The number of hydrogen-bond donors (Lipinski definition) is 2. The summed E-state index contributed by atoms with van der Waals surface area (Å²) in [5.74, 6) is -0.0850. The van der Waals surface area contributed by atoms with E-state index >= 15 is 0 Å². The van der Waals surface area contributed by atoms with Crippen molar-refractivity contribution in [1.82, 2.24) is 0 Å². The summed E-state index contributed by atoms with van der Waals surface area (Å²) < 4.78 is 5.15. The monoisotopic (exact) mass is 375 g/mol. The van der Waals surface area contributed by atoms with Crippen LogP contribution in [0.4, 0.5) is 17.1 Å². The largest absolute Gasteiger partial charge is 0.497 e. The number of carbonyl (C=O) groups is 2. The smallest absolute Gasteiger partial charge is 0.229 e. The number of hydrogen-bond acceptors (Lipinski definition) is 4. The fourth-order valence-corrected chi connectivity index (χ4v) is 2.86. The van der Waals surface area contributed by atoms with E-state index < -0.39 is 5.92 Å². The van der Waals surface area contributed by atoms with Crippen molar-refractivity contribution >= 4 is 41.3 Å². The molecule has 2 aromatic rings. The molecular weight excluding hydrogens is 354 g/mol. The third-order valence-corrected chi connectivity index (χ3v) is 4.36. The highest BCUT2D eigenvalue weighted by Gasteiger charge is 2.35. The van der Waals surface area contributed by atoms with E-state index in [9.17, 15) is 9.59 Å².